The Morgan fingerprint density at radius 2 is 2.44 bits per heavy atom. The molecule has 0 aromatic carbocycles. The van der Waals surface area contributed by atoms with Gasteiger partial charge in [-0.1, -0.05) is 4.49 Å². The maximum atomic E-state index is 5.76. The maximum absolute atomic E-state index is 5.76. The van der Waals surface area contributed by atoms with Gasteiger partial charge in [0, 0.05) is 30.5 Å². The van der Waals surface area contributed by atoms with Crippen LogP contribution >= 0.6 is 11.5 Å². The third-order valence-electron chi connectivity index (χ3n) is 3.73. The van der Waals surface area contributed by atoms with Gasteiger partial charge in [0.15, 0.2) is 0 Å². The van der Waals surface area contributed by atoms with Crippen molar-refractivity contribution in [3.8, 4) is 0 Å². The van der Waals surface area contributed by atoms with Gasteiger partial charge in [-0.3, -0.25) is 0 Å². The van der Waals surface area contributed by atoms with E-state index in [-0.39, 0.29) is 0 Å². The molecule has 88 valence electrons. The zero-order valence-corrected chi connectivity index (χ0v) is 10.1. The average molecular weight is 239 g/mol. The molecule has 2 aliphatic rings. The van der Waals surface area contributed by atoms with E-state index in [9.17, 15) is 0 Å². The molecule has 0 amide bonds. The summed E-state index contributed by atoms with van der Waals surface area (Å²) < 4.78 is 9.64. The number of hydrogen-bond acceptors (Lipinski definition) is 5. The first kappa shape index (κ1) is 10.6. The molecule has 0 radical (unpaired) electrons. The Bertz CT molecular complexity index is 330. The van der Waals surface area contributed by atoms with Crippen LogP contribution < -0.4 is 5.32 Å². The standard InChI is InChI=1S/C11H17N3OS/c1-2-10(9-4-5-15-11(9)3-1)12-6-8-7-16-14-13-8/h7,9-12H,1-6H2. The molecule has 1 aliphatic carbocycles. The summed E-state index contributed by atoms with van der Waals surface area (Å²) in [5.41, 5.74) is 1.06. The van der Waals surface area contributed by atoms with Crippen molar-refractivity contribution in [2.45, 2.75) is 44.4 Å². The highest BCUT2D eigenvalue weighted by molar-refractivity contribution is 7.03. The van der Waals surface area contributed by atoms with Crippen molar-refractivity contribution in [3.63, 3.8) is 0 Å². The Labute approximate surface area is 99.6 Å². The number of ether oxygens (including phenoxy) is 1. The first-order valence-corrected chi connectivity index (χ1v) is 6.88. The number of nitrogens with zero attached hydrogens (tertiary/aromatic N) is 2. The van der Waals surface area contributed by atoms with Crippen molar-refractivity contribution in [2.75, 3.05) is 6.61 Å². The molecule has 1 saturated heterocycles. The molecule has 3 unspecified atom stereocenters. The predicted molar refractivity (Wildman–Crippen MR) is 62.2 cm³/mol. The van der Waals surface area contributed by atoms with Crippen LogP contribution in [0.1, 0.15) is 31.4 Å². The molecule has 1 saturated carbocycles. The first-order chi connectivity index (χ1) is 7.93. The van der Waals surface area contributed by atoms with E-state index in [0.717, 1.165) is 24.8 Å². The number of nitrogens with one attached hydrogen (secondary N) is 1. The Morgan fingerprint density at radius 3 is 3.31 bits per heavy atom. The molecule has 1 N–H and O–H groups in total. The van der Waals surface area contributed by atoms with Crippen molar-refractivity contribution in [3.05, 3.63) is 11.1 Å². The van der Waals surface area contributed by atoms with E-state index in [2.05, 4.69) is 14.9 Å². The van der Waals surface area contributed by atoms with Gasteiger partial charge >= 0.3 is 0 Å². The summed E-state index contributed by atoms with van der Waals surface area (Å²) in [4.78, 5) is 0. The monoisotopic (exact) mass is 239 g/mol. The fraction of sp³-hybridized carbons (Fsp3) is 0.818. The maximum Gasteiger partial charge on any atom is 0.0893 e. The molecule has 2 heterocycles. The highest BCUT2D eigenvalue weighted by atomic mass is 32.1. The molecule has 1 aromatic heterocycles. The minimum absolute atomic E-state index is 0.514. The minimum Gasteiger partial charge on any atom is -0.378 e. The summed E-state index contributed by atoms with van der Waals surface area (Å²) in [6.45, 7) is 1.80. The van der Waals surface area contributed by atoms with Crippen LogP contribution in [0.5, 0.6) is 0 Å². The van der Waals surface area contributed by atoms with Crippen molar-refractivity contribution in [1.82, 2.24) is 14.9 Å². The fourth-order valence-electron chi connectivity index (χ4n) is 2.93. The molecule has 3 rings (SSSR count). The Balaban J connectivity index is 1.57. The van der Waals surface area contributed by atoms with Crippen LogP contribution in [0.15, 0.2) is 5.38 Å². The number of aromatic nitrogens is 2. The van der Waals surface area contributed by atoms with Crippen LogP contribution in [0.25, 0.3) is 0 Å². The number of fused-ring (bicyclic) bond motifs is 1. The van der Waals surface area contributed by atoms with Crippen molar-refractivity contribution >= 4 is 11.5 Å². The highest BCUT2D eigenvalue weighted by Crippen LogP contribution is 2.34. The third kappa shape index (κ3) is 2.12. The molecule has 0 bridgehead atoms. The zero-order valence-electron chi connectivity index (χ0n) is 9.26. The van der Waals surface area contributed by atoms with E-state index in [1.165, 1.54) is 37.2 Å². The van der Waals surface area contributed by atoms with Gasteiger partial charge in [-0.15, -0.1) is 5.10 Å². The molecule has 3 atom stereocenters. The second-order valence-corrected chi connectivity index (χ2v) is 5.29. The molecule has 16 heavy (non-hydrogen) atoms. The molecular weight excluding hydrogens is 222 g/mol. The van der Waals surface area contributed by atoms with Gasteiger partial charge in [0.25, 0.3) is 0 Å². The molecule has 4 nitrogen and oxygen atoms in total. The van der Waals surface area contributed by atoms with E-state index in [4.69, 9.17) is 4.74 Å². The van der Waals surface area contributed by atoms with Gasteiger partial charge in [0.1, 0.15) is 0 Å². The van der Waals surface area contributed by atoms with Gasteiger partial charge in [0.05, 0.1) is 11.8 Å². The van der Waals surface area contributed by atoms with Gasteiger partial charge in [-0.05, 0) is 37.2 Å². The lowest BCUT2D eigenvalue weighted by Crippen LogP contribution is -2.42. The van der Waals surface area contributed by atoms with Crippen molar-refractivity contribution in [2.24, 2.45) is 5.92 Å². The second-order valence-electron chi connectivity index (χ2n) is 4.68. The highest BCUT2D eigenvalue weighted by Gasteiger charge is 2.37. The summed E-state index contributed by atoms with van der Waals surface area (Å²) in [6.07, 6.45) is 5.55. The summed E-state index contributed by atoms with van der Waals surface area (Å²) in [5, 5.41) is 9.69. The smallest absolute Gasteiger partial charge is 0.0893 e. The third-order valence-corrected chi connectivity index (χ3v) is 4.29. The van der Waals surface area contributed by atoms with E-state index in [1.807, 2.05) is 5.38 Å². The summed E-state index contributed by atoms with van der Waals surface area (Å²) in [6, 6.07) is 0.614. The predicted octanol–water partition coefficient (Wildman–Crippen LogP) is 1.59. The van der Waals surface area contributed by atoms with Crippen LogP contribution in [0.2, 0.25) is 0 Å². The van der Waals surface area contributed by atoms with Crippen LogP contribution in [-0.2, 0) is 11.3 Å². The fourth-order valence-corrected chi connectivity index (χ4v) is 3.38. The van der Waals surface area contributed by atoms with Crippen LogP contribution in [-0.4, -0.2) is 28.3 Å². The van der Waals surface area contributed by atoms with Crippen molar-refractivity contribution < 1.29 is 4.74 Å². The molecule has 5 heteroatoms. The minimum atomic E-state index is 0.514. The number of rotatable bonds is 3. The first-order valence-electron chi connectivity index (χ1n) is 6.04. The van der Waals surface area contributed by atoms with Crippen LogP contribution in [0.3, 0.4) is 0 Å². The Hall–Kier alpha value is -0.520. The molecule has 1 aromatic rings. The second kappa shape index (κ2) is 4.77. The van der Waals surface area contributed by atoms with Crippen molar-refractivity contribution in [1.29, 1.82) is 0 Å². The summed E-state index contributed by atoms with van der Waals surface area (Å²) in [5.74, 6) is 0.723. The van der Waals surface area contributed by atoms with E-state index in [0.29, 0.717) is 12.1 Å². The Morgan fingerprint density at radius 1 is 1.44 bits per heavy atom. The Kier molecular flexibility index (Phi) is 3.17. The molecular formula is C11H17N3OS. The molecule has 1 aliphatic heterocycles. The summed E-state index contributed by atoms with van der Waals surface area (Å²) in [7, 11) is 0. The summed E-state index contributed by atoms with van der Waals surface area (Å²) >= 11 is 1.42. The lowest BCUT2D eigenvalue weighted by molar-refractivity contribution is 0.0529. The van der Waals surface area contributed by atoms with E-state index in [1.54, 1.807) is 0 Å². The SMILES string of the molecule is c1snnc1CNC1CCCC2OCCC12. The van der Waals surface area contributed by atoms with Crippen LogP contribution in [0.4, 0.5) is 0 Å². The quantitative estimate of drug-likeness (QED) is 0.870. The largest absolute Gasteiger partial charge is 0.378 e. The lowest BCUT2D eigenvalue weighted by atomic mass is 9.82. The normalized spacial score (nSPS) is 33.9. The van der Waals surface area contributed by atoms with E-state index < -0.39 is 0 Å². The molecule has 2 fully saturated rings. The topological polar surface area (TPSA) is 47.0 Å². The van der Waals surface area contributed by atoms with Gasteiger partial charge < -0.3 is 10.1 Å². The van der Waals surface area contributed by atoms with Gasteiger partial charge in [-0.25, -0.2) is 0 Å². The molecule has 0 spiro atoms. The van der Waals surface area contributed by atoms with Crippen LogP contribution in [0, 0.1) is 5.92 Å². The lowest BCUT2D eigenvalue weighted by Gasteiger charge is -2.33. The number of hydrogen-bond donors (Lipinski definition) is 1. The average Bonchev–Trinajstić information content (AvgIpc) is 2.97. The van der Waals surface area contributed by atoms with Gasteiger partial charge in [0.2, 0.25) is 0 Å². The zero-order chi connectivity index (χ0) is 10.8. The van der Waals surface area contributed by atoms with E-state index >= 15 is 0 Å². The van der Waals surface area contributed by atoms with Gasteiger partial charge in [-0.2, -0.15) is 0 Å².